The van der Waals surface area contributed by atoms with E-state index in [0.717, 1.165) is 20.8 Å². The van der Waals surface area contributed by atoms with Gasteiger partial charge in [0.15, 0.2) is 5.76 Å². The molecule has 0 spiro atoms. The van der Waals surface area contributed by atoms with Crippen molar-refractivity contribution in [1.82, 2.24) is 5.32 Å². The van der Waals surface area contributed by atoms with Crippen LogP contribution in [0.2, 0.25) is 0 Å². The van der Waals surface area contributed by atoms with Gasteiger partial charge in [-0.1, -0.05) is 50.1 Å². The van der Waals surface area contributed by atoms with Crippen LogP contribution in [0.3, 0.4) is 0 Å². The first-order valence-electron chi connectivity index (χ1n) is 6.84. The van der Waals surface area contributed by atoms with Gasteiger partial charge in [0, 0.05) is 20.9 Å². The molecule has 1 N–H and O–H groups in total. The van der Waals surface area contributed by atoms with Gasteiger partial charge < -0.3 is 9.73 Å². The second kappa shape index (κ2) is 6.67. The fraction of sp³-hybridized carbons (Fsp3) is 0.118. The minimum absolute atomic E-state index is 0.194. The first-order valence-corrected chi connectivity index (χ1v) is 8.43. The van der Waals surface area contributed by atoms with Crippen molar-refractivity contribution in [2.24, 2.45) is 0 Å². The summed E-state index contributed by atoms with van der Waals surface area (Å²) < 4.78 is 7.55. The number of hydrogen-bond donors (Lipinski definition) is 1. The summed E-state index contributed by atoms with van der Waals surface area (Å²) in [6, 6.07) is 15.5. The molecule has 0 unspecified atom stereocenters. The van der Waals surface area contributed by atoms with Gasteiger partial charge >= 0.3 is 0 Å². The molecule has 5 heteroatoms. The highest BCUT2D eigenvalue weighted by Crippen LogP contribution is 2.26. The van der Waals surface area contributed by atoms with Gasteiger partial charge in [-0.05, 0) is 42.3 Å². The number of carbonyl (C=O) groups excluding carboxylic acids is 1. The van der Waals surface area contributed by atoms with Crippen molar-refractivity contribution in [1.29, 1.82) is 0 Å². The van der Waals surface area contributed by atoms with Crippen LogP contribution in [-0.4, -0.2) is 12.5 Å². The number of benzene rings is 2. The number of furan rings is 1. The van der Waals surface area contributed by atoms with Gasteiger partial charge in [-0.25, -0.2) is 0 Å². The summed E-state index contributed by atoms with van der Waals surface area (Å²) >= 11 is 6.86. The molecule has 112 valence electrons. The van der Waals surface area contributed by atoms with E-state index in [1.165, 1.54) is 5.56 Å². The van der Waals surface area contributed by atoms with Crippen molar-refractivity contribution in [3.05, 3.63) is 68.8 Å². The number of halogens is 2. The quantitative estimate of drug-likeness (QED) is 0.647. The Balaban J connectivity index is 1.63. The molecule has 0 aliphatic carbocycles. The largest absolute Gasteiger partial charge is 0.451 e. The lowest BCUT2D eigenvalue weighted by molar-refractivity contribution is 0.0928. The maximum Gasteiger partial charge on any atom is 0.287 e. The molecule has 0 aliphatic rings. The predicted molar refractivity (Wildman–Crippen MR) is 94.1 cm³/mol. The first kappa shape index (κ1) is 15.3. The van der Waals surface area contributed by atoms with Crippen LogP contribution in [0, 0.1) is 0 Å². The molecule has 1 amide bonds. The summed E-state index contributed by atoms with van der Waals surface area (Å²) in [5.74, 6) is 0.137. The van der Waals surface area contributed by atoms with Crippen molar-refractivity contribution in [3.8, 4) is 0 Å². The maximum absolute atomic E-state index is 12.1. The third-order valence-electron chi connectivity index (χ3n) is 3.34. The van der Waals surface area contributed by atoms with E-state index in [4.69, 9.17) is 4.42 Å². The van der Waals surface area contributed by atoms with Gasteiger partial charge in [-0.15, -0.1) is 0 Å². The number of amides is 1. The summed E-state index contributed by atoms with van der Waals surface area (Å²) in [6.45, 7) is 0.568. The van der Waals surface area contributed by atoms with Crippen molar-refractivity contribution < 1.29 is 9.21 Å². The van der Waals surface area contributed by atoms with Crippen molar-refractivity contribution in [2.75, 3.05) is 6.54 Å². The highest BCUT2D eigenvalue weighted by molar-refractivity contribution is 9.11. The number of fused-ring (bicyclic) bond motifs is 1. The van der Waals surface area contributed by atoms with E-state index in [-0.39, 0.29) is 5.91 Å². The SMILES string of the molecule is O=C(NCCc1ccc(Br)cc1)c1cc2c(Br)cccc2o1. The summed E-state index contributed by atoms with van der Waals surface area (Å²) in [5.41, 5.74) is 1.88. The molecule has 0 saturated carbocycles. The smallest absolute Gasteiger partial charge is 0.287 e. The van der Waals surface area contributed by atoms with Crippen LogP contribution in [0.4, 0.5) is 0 Å². The number of hydrogen-bond acceptors (Lipinski definition) is 2. The average Bonchev–Trinajstić information content (AvgIpc) is 2.95. The molecular formula is C17H13Br2NO2. The predicted octanol–water partition coefficient (Wildman–Crippen LogP) is 4.93. The zero-order valence-corrected chi connectivity index (χ0v) is 14.8. The van der Waals surface area contributed by atoms with Crippen LogP contribution >= 0.6 is 31.9 Å². The summed E-state index contributed by atoms with van der Waals surface area (Å²) in [5, 5.41) is 3.79. The molecule has 22 heavy (non-hydrogen) atoms. The van der Waals surface area contributed by atoms with Crippen LogP contribution in [0.15, 0.2) is 61.9 Å². The molecule has 0 bridgehead atoms. The zero-order chi connectivity index (χ0) is 15.5. The maximum atomic E-state index is 12.1. The van der Waals surface area contributed by atoms with Crippen LogP contribution in [0.1, 0.15) is 16.1 Å². The third-order valence-corrected chi connectivity index (χ3v) is 4.56. The van der Waals surface area contributed by atoms with E-state index >= 15 is 0 Å². The molecule has 1 aromatic heterocycles. The molecule has 2 aromatic carbocycles. The van der Waals surface area contributed by atoms with E-state index < -0.39 is 0 Å². The molecule has 1 heterocycles. The van der Waals surface area contributed by atoms with Crippen LogP contribution < -0.4 is 5.32 Å². The Morgan fingerprint density at radius 3 is 2.59 bits per heavy atom. The minimum atomic E-state index is -0.194. The lowest BCUT2D eigenvalue weighted by Crippen LogP contribution is -2.25. The van der Waals surface area contributed by atoms with E-state index in [1.54, 1.807) is 6.07 Å². The van der Waals surface area contributed by atoms with Crippen molar-refractivity contribution in [3.63, 3.8) is 0 Å². The second-order valence-corrected chi connectivity index (χ2v) is 6.66. The molecule has 3 nitrogen and oxygen atoms in total. The highest BCUT2D eigenvalue weighted by atomic mass is 79.9. The molecular weight excluding hydrogens is 410 g/mol. The molecule has 3 aromatic rings. The van der Waals surface area contributed by atoms with Gasteiger partial charge in [-0.2, -0.15) is 0 Å². The minimum Gasteiger partial charge on any atom is -0.451 e. The number of carbonyl (C=O) groups is 1. The Hall–Kier alpha value is -1.59. The monoisotopic (exact) mass is 421 g/mol. The van der Waals surface area contributed by atoms with Crippen molar-refractivity contribution >= 4 is 48.7 Å². The van der Waals surface area contributed by atoms with E-state index in [1.807, 2.05) is 42.5 Å². The Bertz CT molecular complexity index is 809. The topological polar surface area (TPSA) is 42.2 Å². The van der Waals surface area contributed by atoms with Gasteiger partial charge in [0.25, 0.3) is 5.91 Å². The van der Waals surface area contributed by atoms with Crippen LogP contribution in [-0.2, 0) is 6.42 Å². The lowest BCUT2D eigenvalue weighted by atomic mass is 10.1. The summed E-state index contributed by atoms with van der Waals surface area (Å²) in [4.78, 5) is 12.1. The average molecular weight is 423 g/mol. The zero-order valence-electron chi connectivity index (χ0n) is 11.6. The van der Waals surface area contributed by atoms with Gasteiger partial charge in [0.1, 0.15) is 5.58 Å². The Morgan fingerprint density at radius 1 is 1.09 bits per heavy atom. The third kappa shape index (κ3) is 3.42. The van der Waals surface area contributed by atoms with Crippen LogP contribution in [0.25, 0.3) is 11.0 Å². The summed E-state index contributed by atoms with van der Waals surface area (Å²) in [7, 11) is 0. The lowest BCUT2D eigenvalue weighted by Gasteiger charge is -2.03. The highest BCUT2D eigenvalue weighted by Gasteiger charge is 2.13. The molecule has 0 fully saturated rings. The van der Waals surface area contributed by atoms with Crippen LogP contribution in [0.5, 0.6) is 0 Å². The molecule has 0 aliphatic heterocycles. The standard InChI is InChI=1S/C17H13Br2NO2/c18-12-6-4-11(5-7-12)8-9-20-17(21)16-10-13-14(19)2-1-3-15(13)22-16/h1-7,10H,8-9H2,(H,20,21). The number of nitrogens with one attached hydrogen (secondary N) is 1. The van der Waals surface area contributed by atoms with E-state index in [2.05, 4.69) is 37.2 Å². The Labute approximate surface area is 145 Å². The Kier molecular flexibility index (Phi) is 4.64. The summed E-state index contributed by atoms with van der Waals surface area (Å²) in [6.07, 6.45) is 0.781. The first-order chi connectivity index (χ1) is 10.6. The Morgan fingerprint density at radius 2 is 1.86 bits per heavy atom. The fourth-order valence-electron chi connectivity index (χ4n) is 2.20. The second-order valence-electron chi connectivity index (χ2n) is 4.89. The van der Waals surface area contributed by atoms with Gasteiger partial charge in [0.2, 0.25) is 0 Å². The molecule has 0 atom stereocenters. The van der Waals surface area contributed by atoms with Crippen molar-refractivity contribution in [2.45, 2.75) is 6.42 Å². The normalized spacial score (nSPS) is 10.8. The molecule has 3 rings (SSSR count). The number of rotatable bonds is 4. The molecule has 0 radical (unpaired) electrons. The van der Waals surface area contributed by atoms with Gasteiger partial charge in [-0.3, -0.25) is 4.79 Å². The fourth-order valence-corrected chi connectivity index (χ4v) is 2.92. The van der Waals surface area contributed by atoms with E-state index in [0.29, 0.717) is 17.9 Å². The van der Waals surface area contributed by atoms with E-state index in [9.17, 15) is 4.79 Å². The molecule has 0 saturated heterocycles. The van der Waals surface area contributed by atoms with Gasteiger partial charge in [0.05, 0.1) is 0 Å².